The molecule has 1 amide bonds. The third-order valence-electron chi connectivity index (χ3n) is 4.86. The highest BCUT2D eigenvalue weighted by atomic mass is 32.2. The average Bonchev–Trinajstić information content (AvgIpc) is 2.79. The maximum Gasteiger partial charge on any atom is 0.251 e. The van der Waals surface area contributed by atoms with Crippen LogP contribution in [0, 0.1) is 0 Å². The fourth-order valence-electron chi connectivity index (χ4n) is 3.23. The van der Waals surface area contributed by atoms with Gasteiger partial charge < -0.3 is 10.2 Å². The molecular weight excluding hydrogens is 366 g/mol. The summed E-state index contributed by atoms with van der Waals surface area (Å²) >= 11 is 2.00. The van der Waals surface area contributed by atoms with Crippen LogP contribution in [0.1, 0.15) is 15.9 Å². The second kappa shape index (κ2) is 8.93. The minimum atomic E-state index is -0.0631. The number of amides is 1. The van der Waals surface area contributed by atoms with Crippen LogP contribution < -0.4 is 10.2 Å². The molecule has 3 aromatic rings. The van der Waals surface area contributed by atoms with E-state index in [4.69, 9.17) is 0 Å². The second-order valence-electron chi connectivity index (χ2n) is 6.75. The minimum absolute atomic E-state index is 0.0631. The first-order chi connectivity index (χ1) is 13.8. The van der Waals surface area contributed by atoms with Gasteiger partial charge in [-0.2, -0.15) is 11.8 Å². The van der Waals surface area contributed by atoms with Gasteiger partial charge in [0.25, 0.3) is 5.91 Å². The highest BCUT2D eigenvalue weighted by molar-refractivity contribution is 7.99. The number of aromatic nitrogens is 1. The van der Waals surface area contributed by atoms with E-state index in [9.17, 15) is 4.79 Å². The van der Waals surface area contributed by atoms with E-state index in [2.05, 4.69) is 27.3 Å². The topological polar surface area (TPSA) is 45.2 Å². The molecule has 0 radical (unpaired) electrons. The monoisotopic (exact) mass is 389 g/mol. The summed E-state index contributed by atoms with van der Waals surface area (Å²) in [7, 11) is 0. The van der Waals surface area contributed by atoms with Crippen LogP contribution in [0.4, 0.5) is 5.82 Å². The van der Waals surface area contributed by atoms with Crippen molar-refractivity contribution in [3.05, 3.63) is 84.1 Å². The van der Waals surface area contributed by atoms with Gasteiger partial charge in [0.05, 0.1) is 0 Å². The number of thioether (sulfide) groups is 1. The number of benzene rings is 2. The molecule has 1 fully saturated rings. The third kappa shape index (κ3) is 4.54. The summed E-state index contributed by atoms with van der Waals surface area (Å²) in [5, 5.41) is 2.96. The zero-order valence-electron chi connectivity index (χ0n) is 15.7. The van der Waals surface area contributed by atoms with Crippen molar-refractivity contribution in [1.82, 2.24) is 10.3 Å². The summed E-state index contributed by atoms with van der Waals surface area (Å²) in [4.78, 5) is 19.3. The van der Waals surface area contributed by atoms with Crippen molar-refractivity contribution in [1.29, 1.82) is 0 Å². The van der Waals surface area contributed by atoms with Gasteiger partial charge in [-0.1, -0.05) is 42.5 Å². The van der Waals surface area contributed by atoms with Gasteiger partial charge in [-0.15, -0.1) is 0 Å². The van der Waals surface area contributed by atoms with Gasteiger partial charge in [-0.05, 0) is 35.4 Å². The second-order valence-corrected chi connectivity index (χ2v) is 7.97. The van der Waals surface area contributed by atoms with Crippen molar-refractivity contribution >= 4 is 23.5 Å². The standard InChI is InChI=1S/C23H23N3OS/c27-23(25-16-18-4-2-1-3-5-18)20-8-6-19(7-9-20)21-10-11-22(24-17-21)26-12-14-28-15-13-26/h1-11,17H,12-16H2,(H,25,27). The highest BCUT2D eigenvalue weighted by Gasteiger charge is 2.12. The predicted octanol–water partition coefficient (Wildman–Crippen LogP) is 4.23. The largest absolute Gasteiger partial charge is 0.355 e. The Labute approximate surface area is 170 Å². The molecule has 142 valence electrons. The molecule has 1 aromatic heterocycles. The molecule has 2 heterocycles. The molecule has 0 bridgehead atoms. The fraction of sp³-hybridized carbons (Fsp3) is 0.217. The zero-order chi connectivity index (χ0) is 19.2. The minimum Gasteiger partial charge on any atom is -0.355 e. The molecule has 1 saturated heterocycles. The Morgan fingerprint density at radius 1 is 0.929 bits per heavy atom. The van der Waals surface area contributed by atoms with E-state index in [0.717, 1.165) is 47.1 Å². The van der Waals surface area contributed by atoms with E-state index in [1.54, 1.807) is 0 Å². The van der Waals surface area contributed by atoms with Gasteiger partial charge in [0.15, 0.2) is 0 Å². The van der Waals surface area contributed by atoms with Gasteiger partial charge in [-0.3, -0.25) is 4.79 Å². The van der Waals surface area contributed by atoms with Gasteiger partial charge in [0.2, 0.25) is 0 Å². The van der Waals surface area contributed by atoms with Crippen LogP contribution in [0.15, 0.2) is 72.9 Å². The molecule has 1 N–H and O–H groups in total. The summed E-state index contributed by atoms with van der Waals surface area (Å²) in [6.07, 6.45) is 1.92. The first kappa shape index (κ1) is 18.6. The SMILES string of the molecule is O=C(NCc1ccccc1)c1ccc(-c2ccc(N3CCSCC3)nc2)cc1. The Bertz CT molecular complexity index is 905. The third-order valence-corrected chi connectivity index (χ3v) is 5.80. The molecule has 0 aliphatic carbocycles. The smallest absolute Gasteiger partial charge is 0.251 e. The lowest BCUT2D eigenvalue weighted by atomic mass is 10.1. The van der Waals surface area contributed by atoms with Crippen molar-refractivity contribution in [2.45, 2.75) is 6.54 Å². The van der Waals surface area contributed by atoms with E-state index in [1.807, 2.05) is 72.6 Å². The zero-order valence-corrected chi connectivity index (χ0v) is 16.5. The van der Waals surface area contributed by atoms with E-state index in [0.29, 0.717) is 12.1 Å². The number of hydrogen-bond acceptors (Lipinski definition) is 4. The fourth-order valence-corrected chi connectivity index (χ4v) is 4.13. The molecule has 0 atom stereocenters. The number of carbonyl (C=O) groups is 1. The highest BCUT2D eigenvalue weighted by Crippen LogP contribution is 2.23. The Morgan fingerprint density at radius 3 is 2.32 bits per heavy atom. The van der Waals surface area contributed by atoms with Crippen LogP contribution in [-0.2, 0) is 6.54 Å². The van der Waals surface area contributed by atoms with E-state index < -0.39 is 0 Å². The van der Waals surface area contributed by atoms with Crippen LogP contribution in [0.3, 0.4) is 0 Å². The molecule has 5 heteroatoms. The van der Waals surface area contributed by atoms with Gasteiger partial charge in [-0.25, -0.2) is 4.98 Å². The average molecular weight is 390 g/mol. The molecule has 1 aliphatic rings. The van der Waals surface area contributed by atoms with E-state index in [1.165, 1.54) is 0 Å². The number of hydrogen-bond donors (Lipinski definition) is 1. The first-order valence-electron chi connectivity index (χ1n) is 9.51. The van der Waals surface area contributed by atoms with Crippen LogP contribution in [0.2, 0.25) is 0 Å². The van der Waals surface area contributed by atoms with E-state index in [-0.39, 0.29) is 5.91 Å². The quantitative estimate of drug-likeness (QED) is 0.709. The summed E-state index contributed by atoms with van der Waals surface area (Å²) in [6.45, 7) is 2.65. The number of rotatable bonds is 5. The van der Waals surface area contributed by atoms with Crippen molar-refractivity contribution in [3.8, 4) is 11.1 Å². The summed E-state index contributed by atoms with van der Waals surface area (Å²) < 4.78 is 0. The first-order valence-corrected chi connectivity index (χ1v) is 10.7. The molecule has 0 saturated carbocycles. The van der Waals surface area contributed by atoms with Crippen molar-refractivity contribution in [2.24, 2.45) is 0 Å². The summed E-state index contributed by atoms with van der Waals surface area (Å²) in [5.74, 6) is 3.31. The molecule has 4 rings (SSSR count). The van der Waals surface area contributed by atoms with E-state index >= 15 is 0 Å². The number of pyridine rings is 1. The molecule has 2 aromatic carbocycles. The number of nitrogens with one attached hydrogen (secondary N) is 1. The molecule has 1 aliphatic heterocycles. The summed E-state index contributed by atoms with van der Waals surface area (Å²) in [5.41, 5.74) is 3.88. The molecule has 0 unspecified atom stereocenters. The molecule has 28 heavy (non-hydrogen) atoms. The lowest BCUT2D eigenvalue weighted by molar-refractivity contribution is 0.0951. The Kier molecular flexibility index (Phi) is 5.92. The van der Waals surface area contributed by atoms with Crippen LogP contribution in [-0.4, -0.2) is 35.5 Å². The normalized spacial score (nSPS) is 13.9. The predicted molar refractivity (Wildman–Crippen MR) is 117 cm³/mol. The van der Waals surface area contributed by atoms with Crippen LogP contribution >= 0.6 is 11.8 Å². The van der Waals surface area contributed by atoms with Gasteiger partial charge in [0, 0.05) is 48.5 Å². The maximum atomic E-state index is 12.4. The lowest BCUT2D eigenvalue weighted by Gasteiger charge is -2.27. The molecule has 0 spiro atoms. The molecule has 4 nitrogen and oxygen atoms in total. The van der Waals surface area contributed by atoms with Crippen LogP contribution in [0.25, 0.3) is 11.1 Å². The summed E-state index contributed by atoms with van der Waals surface area (Å²) in [6, 6.07) is 21.8. The number of carbonyl (C=O) groups excluding carboxylic acids is 1. The Balaban J connectivity index is 1.39. The van der Waals surface area contributed by atoms with Crippen molar-refractivity contribution in [3.63, 3.8) is 0 Å². The lowest BCUT2D eigenvalue weighted by Crippen LogP contribution is -2.32. The van der Waals surface area contributed by atoms with Gasteiger partial charge >= 0.3 is 0 Å². The van der Waals surface area contributed by atoms with Crippen molar-refractivity contribution < 1.29 is 4.79 Å². The number of anilines is 1. The Morgan fingerprint density at radius 2 is 1.64 bits per heavy atom. The Hall–Kier alpha value is -2.79. The van der Waals surface area contributed by atoms with Gasteiger partial charge in [0.1, 0.15) is 5.82 Å². The van der Waals surface area contributed by atoms with Crippen LogP contribution in [0.5, 0.6) is 0 Å². The number of nitrogens with zero attached hydrogens (tertiary/aromatic N) is 2. The maximum absolute atomic E-state index is 12.4. The van der Waals surface area contributed by atoms with Crippen molar-refractivity contribution in [2.75, 3.05) is 29.5 Å². The molecular formula is C23H23N3OS.